The molecule has 2 bridgehead atoms. The smallest absolute Gasteiger partial charge is 0.246 e. The Morgan fingerprint density at radius 3 is 2.68 bits per heavy atom. The number of benzene rings is 1. The first kappa shape index (κ1) is 24.9. The molecule has 1 spiro atoms. The summed E-state index contributed by atoms with van der Waals surface area (Å²) in [5.74, 6) is -2.23. The molecule has 3 amide bonds. The van der Waals surface area contributed by atoms with E-state index >= 15 is 0 Å². The van der Waals surface area contributed by atoms with Crippen molar-refractivity contribution in [2.24, 2.45) is 11.8 Å². The SMILES string of the molecule is Cc1ccc(NC(=O)[C@H]2[C@H]3C=C[C@@]4(O3)[C@H]2C(=O)N(C[C@H]2CCCO2)[C@@H]4C(=O)NC2CCCCC2)cc1Cl. The lowest BCUT2D eigenvalue weighted by Crippen LogP contribution is -2.57. The number of anilines is 1. The van der Waals surface area contributed by atoms with Crippen molar-refractivity contribution in [2.75, 3.05) is 18.5 Å². The molecule has 6 rings (SSSR count). The summed E-state index contributed by atoms with van der Waals surface area (Å²) in [6.45, 7) is 2.87. The number of carbonyl (C=O) groups is 3. The van der Waals surface area contributed by atoms with Gasteiger partial charge < -0.3 is 25.0 Å². The first-order chi connectivity index (χ1) is 17.9. The fourth-order valence-corrected chi connectivity index (χ4v) is 7.08. The predicted molar refractivity (Wildman–Crippen MR) is 138 cm³/mol. The molecule has 1 aliphatic carbocycles. The zero-order chi connectivity index (χ0) is 25.7. The Hall–Kier alpha value is -2.42. The van der Waals surface area contributed by atoms with Gasteiger partial charge in [0.2, 0.25) is 17.7 Å². The van der Waals surface area contributed by atoms with Crippen LogP contribution in [0.2, 0.25) is 5.02 Å². The summed E-state index contributed by atoms with van der Waals surface area (Å²) >= 11 is 6.26. The van der Waals surface area contributed by atoms with Crippen LogP contribution in [0.5, 0.6) is 0 Å². The highest BCUT2D eigenvalue weighted by molar-refractivity contribution is 6.31. The van der Waals surface area contributed by atoms with Crippen LogP contribution in [-0.2, 0) is 23.9 Å². The van der Waals surface area contributed by atoms with Gasteiger partial charge in [0.05, 0.1) is 24.0 Å². The number of fused-ring (bicyclic) bond motifs is 1. The molecule has 2 N–H and O–H groups in total. The van der Waals surface area contributed by atoms with Crippen molar-refractivity contribution in [2.45, 2.75) is 81.8 Å². The summed E-state index contributed by atoms with van der Waals surface area (Å²) in [6, 6.07) is 4.61. The minimum atomic E-state index is -1.16. The number of hydrogen-bond donors (Lipinski definition) is 2. The van der Waals surface area contributed by atoms with E-state index in [9.17, 15) is 14.4 Å². The molecule has 0 aromatic heterocycles. The normalized spacial score (nSPS) is 34.7. The van der Waals surface area contributed by atoms with E-state index in [1.807, 2.05) is 25.1 Å². The Morgan fingerprint density at radius 1 is 1.14 bits per heavy atom. The van der Waals surface area contributed by atoms with Crippen LogP contribution in [0.3, 0.4) is 0 Å². The fraction of sp³-hybridized carbons (Fsp3) is 0.607. The first-order valence-corrected chi connectivity index (χ1v) is 13.9. The monoisotopic (exact) mass is 527 g/mol. The van der Waals surface area contributed by atoms with Gasteiger partial charge in [0.15, 0.2) is 0 Å². The molecular formula is C28H34ClN3O5. The maximum Gasteiger partial charge on any atom is 0.246 e. The molecular weight excluding hydrogens is 494 g/mol. The molecule has 1 aromatic carbocycles. The third kappa shape index (κ3) is 4.27. The van der Waals surface area contributed by atoms with E-state index in [2.05, 4.69) is 10.6 Å². The van der Waals surface area contributed by atoms with Crippen molar-refractivity contribution in [1.29, 1.82) is 0 Å². The van der Waals surface area contributed by atoms with Gasteiger partial charge in [-0.25, -0.2) is 0 Å². The van der Waals surface area contributed by atoms with Crippen LogP contribution in [0.15, 0.2) is 30.4 Å². The molecule has 37 heavy (non-hydrogen) atoms. The molecule has 8 nitrogen and oxygen atoms in total. The van der Waals surface area contributed by atoms with Gasteiger partial charge in [0, 0.05) is 29.9 Å². The largest absolute Gasteiger partial charge is 0.376 e. The summed E-state index contributed by atoms with van der Waals surface area (Å²) in [6.07, 6.45) is 10.0. The Balaban J connectivity index is 1.29. The summed E-state index contributed by atoms with van der Waals surface area (Å²) in [5, 5.41) is 6.70. The number of nitrogens with one attached hydrogen (secondary N) is 2. The third-order valence-corrected chi connectivity index (χ3v) is 9.15. The maximum absolute atomic E-state index is 14.0. The van der Waals surface area contributed by atoms with Crippen LogP contribution in [0.1, 0.15) is 50.5 Å². The molecule has 4 heterocycles. The number of ether oxygens (including phenoxy) is 2. The molecule has 1 saturated carbocycles. The minimum absolute atomic E-state index is 0.101. The molecule has 1 aromatic rings. The highest BCUT2D eigenvalue weighted by Gasteiger charge is 2.73. The standard InChI is InChI=1S/C28H34ClN3O5/c1-16-9-10-18(14-20(16)29)31-25(33)22-21-11-12-28(37-21)23(22)27(35)32(15-19-8-5-13-36-19)24(28)26(34)30-17-6-3-2-4-7-17/h9-12,14,17,19,21-24H,2-8,13,15H2,1H3,(H,30,34)(H,31,33)/t19-,21-,22+,23-,24-,28-/m1/s1. The minimum Gasteiger partial charge on any atom is -0.376 e. The van der Waals surface area contributed by atoms with E-state index < -0.39 is 29.6 Å². The Morgan fingerprint density at radius 2 is 1.95 bits per heavy atom. The number of likely N-dealkylation sites (tertiary alicyclic amines) is 1. The molecule has 4 fully saturated rings. The number of nitrogens with zero attached hydrogens (tertiary/aromatic N) is 1. The van der Waals surface area contributed by atoms with Crippen molar-refractivity contribution in [3.05, 3.63) is 40.9 Å². The van der Waals surface area contributed by atoms with Gasteiger partial charge >= 0.3 is 0 Å². The molecule has 5 aliphatic rings. The zero-order valence-electron chi connectivity index (χ0n) is 21.1. The highest BCUT2D eigenvalue weighted by atomic mass is 35.5. The van der Waals surface area contributed by atoms with Gasteiger partial charge in [-0.1, -0.05) is 49.1 Å². The van der Waals surface area contributed by atoms with Gasteiger partial charge in [-0.3, -0.25) is 14.4 Å². The lowest BCUT2D eigenvalue weighted by Gasteiger charge is -2.34. The Bertz CT molecular complexity index is 1130. The van der Waals surface area contributed by atoms with Gasteiger partial charge in [0.1, 0.15) is 11.6 Å². The molecule has 3 saturated heterocycles. The fourth-order valence-electron chi connectivity index (χ4n) is 6.89. The summed E-state index contributed by atoms with van der Waals surface area (Å²) < 4.78 is 12.3. The second-order valence-electron chi connectivity index (χ2n) is 11.1. The summed E-state index contributed by atoms with van der Waals surface area (Å²) in [5.41, 5.74) is 0.313. The first-order valence-electron chi connectivity index (χ1n) is 13.5. The van der Waals surface area contributed by atoms with Crippen molar-refractivity contribution >= 4 is 35.0 Å². The van der Waals surface area contributed by atoms with Crippen molar-refractivity contribution in [1.82, 2.24) is 10.2 Å². The van der Waals surface area contributed by atoms with Crippen molar-refractivity contribution in [3.63, 3.8) is 0 Å². The number of aryl methyl sites for hydroxylation is 1. The van der Waals surface area contributed by atoms with E-state index in [1.165, 1.54) is 6.42 Å². The van der Waals surface area contributed by atoms with Gasteiger partial charge in [-0.05, 0) is 50.3 Å². The second-order valence-corrected chi connectivity index (χ2v) is 11.5. The van der Waals surface area contributed by atoms with Gasteiger partial charge in [-0.2, -0.15) is 0 Å². The van der Waals surface area contributed by atoms with E-state index in [4.69, 9.17) is 21.1 Å². The Labute approximate surface area is 222 Å². The number of rotatable bonds is 6. The molecule has 4 aliphatic heterocycles. The maximum atomic E-state index is 14.0. The van der Waals surface area contributed by atoms with Crippen LogP contribution < -0.4 is 10.6 Å². The highest BCUT2D eigenvalue weighted by Crippen LogP contribution is 2.55. The summed E-state index contributed by atoms with van der Waals surface area (Å²) in [7, 11) is 0. The number of carbonyl (C=O) groups excluding carboxylic acids is 3. The van der Waals surface area contributed by atoms with Crippen LogP contribution in [-0.4, -0.2) is 65.7 Å². The van der Waals surface area contributed by atoms with E-state index in [1.54, 1.807) is 17.0 Å². The van der Waals surface area contributed by atoms with Crippen LogP contribution >= 0.6 is 11.6 Å². The van der Waals surface area contributed by atoms with Crippen LogP contribution in [0.4, 0.5) is 5.69 Å². The second kappa shape index (κ2) is 9.71. The van der Waals surface area contributed by atoms with Crippen LogP contribution in [0, 0.1) is 18.8 Å². The average Bonchev–Trinajstić information content (AvgIpc) is 3.65. The molecule has 6 atom stereocenters. The molecule has 0 radical (unpaired) electrons. The van der Waals surface area contributed by atoms with E-state index in [0.29, 0.717) is 23.9 Å². The van der Waals surface area contributed by atoms with Gasteiger partial charge in [-0.15, -0.1) is 0 Å². The number of amides is 3. The van der Waals surface area contributed by atoms with Gasteiger partial charge in [0.25, 0.3) is 0 Å². The lowest BCUT2D eigenvalue weighted by atomic mass is 9.74. The quantitative estimate of drug-likeness (QED) is 0.553. The van der Waals surface area contributed by atoms with E-state index in [0.717, 1.165) is 44.1 Å². The molecule has 9 heteroatoms. The average molecular weight is 528 g/mol. The van der Waals surface area contributed by atoms with Crippen LogP contribution in [0.25, 0.3) is 0 Å². The predicted octanol–water partition coefficient (Wildman–Crippen LogP) is 3.37. The number of halogens is 1. The topological polar surface area (TPSA) is 97.0 Å². The van der Waals surface area contributed by atoms with Crippen molar-refractivity contribution in [3.8, 4) is 0 Å². The lowest BCUT2D eigenvalue weighted by molar-refractivity contribution is -0.143. The van der Waals surface area contributed by atoms with E-state index in [-0.39, 0.29) is 29.9 Å². The Kier molecular flexibility index (Phi) is 6.53. The third-order valence-electron chi connectivity index (χ3n) is 8.74. The number of hydrogen-bond acceptors (Lipinski definition) is 5. The van der Waals surface area contributed by atoms with Crippen molar-refractivity contribution < 1.29 is 23.9 Å². The molecule has 198 valence electrons. The molecule has 0 unspecified atom stereocenters. The summed E-state index contributed by atoms with van der Waals surface area (Å²) in [4.78, 5) is 43.0. The zero-order valence-corrected chi connectivity index (χ0v) is 21.8.